The van der Waals surface area contributed by atoms with Crippen LogP contribution in [0.25, 0.3) is 11.4 Å². The van der Waals surface area contributed by atoms with Gasteiger partial charge in [0.2, 0.25) is 0 Å². The molecule has 0 unspecified atom stereocenters. The lowest BCUT2D eigenvalue weighted by Crippen LogP contribution is -2.02. The van der Waals surface area contributed by atoms with Gasteiger partial charge in [0.25, 0.3) is 0 Å². The highest BCUT2D eigenvalue weighted by Gasteiger charge is 2.10. The smallest absolute Gasteiger partial charge is 0.183 e. The molecule has 9 nitrogen and oxygen atoms in total. The van der Waals surface area contributed by atoms with Gasteiger partial charge in [-0.05, 0) is 26.0 Å². The van der Waals surface area contributed by atoms with E-state index in [2.05, 4.69) is 40.7 Å². The molecular weight excluding hydrogens is 354 g/mol. The van der Waals surface area contributed by atoms with E-state index in [0.29, 0.717) is 29.1 Å². The number of hydrogen-bond acceptors (Lipinski definition) is 8. The molecule has 0 aliphatic rings. The third kappa shape index (κ3) is 3.93. The van der Waals surface area contributed by atoms with Crippen molar-refractivity contribution in [3.05, 3.63) is 60.6 Å². The Morgan fingerprint density at radius 1 is 0.857 bits per heavy atom. The Balaban J connectivity index is 1.59. The highest BCUT2D eigenvalue weighted by atomic mass is 15.3. The van der Waals surface area contributed by atoms with E-state index in [-0.39, 0.29) is 0 Å². The maximum absolute atomic E-state index is 4.38. The number of para-hydroxylation sites is 1. The largest absolute Gasteiger partial charge is 0.339 e. The quantitative estimate of drug-likeness (QED) is 0.549. The summed E-state index contributed by atoms with van der Waals surface area (Å²) < 4.78 is 1.67. The third-order valence-electron chi connectivity index (χ3n) is 3.92. The fourth-order valence-corrected chi connectivity index (χ4v) is 2.79. The molecule has 0 bridgehead atoms. The van der Waals surface area contributed by atoms with Gasteiger partial charge >= 0.3 is 0 Å². The average Bonchev–Trinajstić information content (AvgIpc) is 3.08. The van der Waals surface area contributed by atoms with Crippen LogP contribution in [-0.2, 0) is 7.05 Å². The van der Waals surface area contributed by atoms with E-state index in [0.717, 1.165) is 16.9 Å². The number of rotatable bonds is 5. The third-order valence-corrected chi connectivity index (χ3v) is 3.92. The summed E-state index contributed by atoms with van der Waals surface area (Å²) in [7, 11) is 1.84. The molecule has 0 aliphatic carbocycles. The zero-order valence-corrected chi connectivity index (χ0v) is 15.7. The van der Waals surface area contributed by atoms with Crippen LogP contribution in [0, 0.1) is 13.8 Å². The molecular formula is C19H19N9. The van der Waals surface area contributed by atoms with E-state index >= 15 is 0 Å². The molecule has 0 amide bonds. The van der Waals surface area contributed by atoms with Gasteiger partial charge in [0.15, 0.2) is 5.82 Å². The number of benzene rings is 1. The molecule has 3 heterocycles. The van der Waals surface area contributed by atoms with Crippen LogP contribution in [0.15, 0.2) is 49.1 Å². The highest BCUT2D eigenvalue weighted by Crippen LogP contribution is 2.27. The number of aryl methyl sites for hydroxylation is 3. The summed E-state index contributed by atoms with van der Waals surface area (Å²) >= 11 is 0. The van der Waals surface area contributed by atoms with Crippen molar-refractivity contribution in [2.24, 2.45) is 7.05 Å². The van der Waals surface area contributed by atoms with Gasteiger partial charge in [0, 0.05) is 30.4 Å². The second-order valence-corrected chi connectivity index (χ2v) is 6.27. The Hall–Kier alpha value is -3.88. The van der Waals surface area contributed by atoms with Crippen LogP contribution < -0.4 is 10.6 Å². The average molecular weight is 373 g/mol. The van der Waals surface area contributed by atoms with Crippen molar-refractivity contribution in [3.8, 4) is 11.4 Å². The monoisotopic (exact) mass is 373 g/mol. The van der Waals surface area contributed by atoms with Gasteiger partial charge in [-0.3, -0.25) is 4.68 Å². The van der Waals surface area contributed by atoms with Crippen molar-refractivity contribution in [1.29, 1.82) is 0 Å². The molecule has 2 N–H and O–H groups in total. The van der Waals surface area contributed by atoms with E-state index in [1.807, 2.05) is 57.3 Å². The van der Waals surface area contributed by atoms with E-state index < -0.39 is 0 Å². The van der Waals surface area contributed by atoms with Crippen LogP contribution in [0.5, 0.6) is 0 Å². The summed E-state index contributed by atoms with van der Waals surface area (Å²) in [6, 6.07) is 11.5. The molecule has 4 rings (SSSR count). The zero-order chi connectivity index (χ0) is 19.5. The number of nitrogens with zero attached hydrogens (tertiary/aromatic N) is 7. The van der Waals surface area contributed by atoms with Crippen molar-refractivity contribution in [2.45, 2.75) is 13.8 Å². The van der Waals surface area contributed by atoms with Crippen molar-refractivity contribution < 1.29 is 0 Å². The second kappa shape index (κ2) is 7.39. The molecule has 28 heavy (non-hydrogen) atoms. The molecule has 0 aliphatic heterocycles. The van der Waals surface area contributed by atoms with Crippen molar-refractivity contribution in [2.75, 3.05) is 10.6 Å². The fourth-order valence-electron chi connectivity index (χ4n) is 2.79. The van der Waals surface area contributed by atoms with Crippen LogP contribution in [0.3, 0.4) is 0 Å². The van der Waals surface area contributed by atoms with Gasteiger partial charge in [0.1, 0.15) is 35.9 Å². The summed E-state index contributed by atoms with van der Waals surface area (Å²) in [6.45, 7) is 3.78. The molecule has 0 spiro atoms. The molecule has 4 aromatic rings. The molecule has 0 saturated heterocycles. The predicted molar refractivity (Wildman–Crippen MR) is 107 cm³/mol. The standard InChI is InChI=1S/C19H19N9/c1-12-8-18(24-13(2)23-12)26-17-9-16(20-10-21-17)25-15-7-5-4-6-14(15)19-22-11-28(3)27-19/h4-11H,1-3H3,(H2,20,21,23,24,25,26). The molecule has 0 fully saturated rings. The van der Waals surface area contributed by atoms with Crippen molar-refractivity contribution in [3.63, 3.8) is 0 Å². The SMILES string of the molecule is Cc1cc(Nc2cc(Nc3ccccc3-c3ncn(C)n3)ncn2)nc(C)n1. The summed E-state index contributed by atoms with van der Waals surface area (Å²) in [5, 5.41) is 10.9. The Morgan fingerprint density at radius 3 is 2.39 bits per heavy atom. The van der Waals surface area contributed by atoms with Gasteiger partial charge in [-0.25, -0.2) is 24.9 Å². The summed E-state index contributed by atoms with van der Waals surface area (Å²) in [5.74, 6) is 3.30. The summed E-state index contributed by atoms with van der Waals surface area (Å²) in [5.41, 5.74) is 2.63. The Kier molecular flexibility index (Phi) is 4.63. The van der Waals surface area contributed by atoms with Crippen molar-refractivity contribution >= 4 is 23.1 Å². The van der Waals surface area contributed by atoms with Crippen LogP contribution in [0.2, 0.25) is 0 Å². The van der Waals surface area contributed by atoms with E-state index in [9.17, 15) is 0 Å². The topological polar surface area (TPSA) is 106 Å². The highest BCUT2D eigenvalue weighted by molar-refractivity contribution is 5.77. The first kappa shape index (κ1) is 17.5. The van der Waals surface area contributed by atoms with Gasteiger partial charge in [0.05, 0.1) is 5.69 Å². The lowest BCUT2D eigenvalue weighted by molar-refractivity contribution is 0.768. The van der Waals surface area contributed by atoms with Crippen LogP contribution >= 0.6 is 0 Å². The molecule has 3 aromatic heterocycles. The molecule has 1 aromatic carbocycles. The maximum atomic E-state index is 4.38. The minimum atomic E-state index is 0.628. The number of nitrogens with one attached hydrogen (secondary N) is 2. The Morgan fingerprint density at radius 2 is 1.64 bits per heavy atom. The van der Waals surface area contributed by atoms with Crippen molar-refractivity contribution in [1.82, 2.24) is 34.7 Å². The van der Waals surface area contributed by atoms with Gasteiger partial charge in [-0.2, -0.15) is 5.10 Å². The summed E-state index contributed by atoms with van der Waals surface area (Å²) in [4.78, 5) is 21.6. The molecule has 0 saturated carbocycles. The first-order chi connectivity index (χ1) is 13.6. The van der Waals surface area contributed by atoms with Crippen LogP contribution in [0.4, 0.5) is 23.1 Å². The maximum Gasteiger partial charge on any atom is 0.183 e. The minimum absolute atomic E-state index is 0.628. The lowest BCUT2D eigenvalue weighted by atomic mass is 10.1. The predicted octanol–water partition coefficient (Wildman–Crippen LogP) is 3.17. The second-order valence-electron chi connectivity index (χ2n) is 6.27. The van der Waals surface area contributed by atoms with Crippen LogP contribution in [0.1, 0.15) is 11.5 Å². The van der Waals surface area contributed by atoms with E-state index in [1.54, 1.807) is 11.0 Å². The molecule has 140 valence electrons. The first-order valence-electron chi connectivity index (χ1n) is 8.70. The number of anilines is 4. The number of hydrogen-bond donors (Lipinski definition) is 2. The lowest BCUT2D eigenvalue weighted by Gasteiger charge is -2.11. The Labute approximate surface area is 162 Å². The molecule has 0 radical (unpaired) electrons. The van der Waals surface area contributed by atoms with Gasteiger partial charge in [-0.15, -0.1) is 0 Å². The molecule has 0 atom stereocenters. The zero-order valence-electron chi connectivity index (χ0n) is 15.7. The van der Waals surface area contributed by atoms with E-state index in [1.165, 1.54) is 6.33 Å². The Bertz CT molecular complexity index is 1100. The summed E-state index contributed by atoms with van der Waals surface area (Å²) in [6.07, 6.45) is 3.16. The van der Waals surface area contributed by atoms with Gasteiger partial charge < -0.3 is 10.6 Å². The number of aromatic nitrogens is 7. The fraction of sp³-hybridized carbons (Fsp3) is 0.158. The minimum Gasteiger partial charge on any atom is -0.339 e. The normalized spacial score (nSPS) is 10.7. The van der Waals surface area contributed by atoms with Crippen LogP contribution in [-0.4, -0.2) is 34.7 Å². The first-order valence-corrected chi connectivity index (χ1v) is 8.70. The van der Waals surface area contributed by atoms with Gasteiger partial charge in [-0.1, -0.05) is 12.1 Å². The molecule has 9 heteroatoms. The van der Waals surface area contributed by atoms with E-state index in [4.69, 9.17) is 0 Å².